The van der Waals surface area contributed by atoms with Crippen LogP contribution in [0.25, 0.3) is 0 Å². The van der Waals surface area contributed by atoms with Crippen molar-refractivity contribution in [1.82, 2.24) is 19.8 Å². The zero-order valence-corrected chi connectivity index (χ0v) is 24.3. The van der Waals surface area contributed by atoms with E-state index in [1.54, 1.807) is 12.1 Å². The van der Waals surface area contributed by atoms with Gasteiger partial charge in [0.15, 0.2) is 11.5 Å². The van der Waals surface area contributed by atoms with Gasteiger partial charge in [-0.2, -0.15) is 4.98 Å². The van der Waals surface area contributed by atoms with Crippen LogP contribution in [-0.2, 0) is 6.54 Å². The number of halogens is 3. The first kappa shape index (κ1) is 31.0. The molecule has 0 aliphatic carbocycles. The first-order valence-electron chi connectivity index (χ1n) is 13.2. The largest absolute Gasteiger partial charge is 0.493 e. The third-order valence-corrected chi connectivity index (χ3v) is 7.19. The Labute approximate surface area is 247 Å². The molecule has 1 aliphatic heterocycles. The van der Waals surface area contributed by atoms with Crippen molar-refractivity contribution in [3.05, 3.63) is 58.7 Å². The standard InChI is InChI=1S/C28H33ClF2N6O5/c1-35-10-12-36(13-11-35)9-4-14-42-23-16-18(15-22(40-2)26(23)41-3)33-27-32-8-7-24(34-27)37(28(38)39)17-19-20(30)5-6-21(31)25(19)29/h5-8,15-16H,4,9-14,17H2,1-3H3,(H,38,39)(H,32,33,34). The van der Waals surface area contributed by atoms with Crippen LogP contribution in [0.3, 0.4) is 0 Å². The Morgan fingerprint density at radius 1 is 1.10 bits per heavy atom. The van der Waals surface area contributed by atoms with Crippen molar-refractivity contribution in [3.63, 3.8) is 0 Å². The number of benzene rings is 2. The molecule has 3 aromatic rings. The summed E-state index contributed by atoms with van der Waals surface area (Å²) >= 11 is 5.91. The van der Waals surface area contributed by atoms with Crippen LogP contribution in [0.4, 0.5) is 31.0 Å². The summed E-state index contributed by atoms with van der Waals surface area (Å²) in [4.78, 5) is 25.9. The highest BCUT2D eigenvalue weighted by molar-refractivity contribution is 6.31. The Bertz CT molecular complexity index is 1390. The molecule has 1 saturated heterocycles. The number of ether oxygens (including phenoxy) is 3. The second kappa shape index (κ2) is 14.3. The van der Waals surface area contributed by atoms with Gasteiger partial charge in [0.1, 0.15) is 17.5 Å². The Hall–Kier alpha value is -3.94. The van der Waals surface area contributed by atoms with Gasteiger partial charge in [-0.1, -0.05) is 11.6 Å². The fraction of sp³-hybridized carbons (Fsp3) is 0.393. The van der Waals surface area contributed by atoms with E-state index in [2.05, 4.69) is 32.1 Å². The number of aromatic nitrogens is 2. The molecular weight excluding hydrogens is 574 g/mol. The molecule has 11 nitrogen and oxygen atoms in total. The summed E-state index contributed by atoms with van der Waals surface area (Å²) in [5, 5.41) is 12.3. The van der Waals surface area contributed by atoms with Crippen molar-refractivity contribution in [3.8, 4) is 17.2 Å². The molecule has 1 fully saturated rings. The molecule has 0 spiro atoms. The fourth-order valence-electron chi connectivity index (χ4n) is 4.46. The minimum absolute atomic E-state index is 0.0396. The molecule has 2 aromatic carbocycles. The van der Waals surface area contributed by atoms with Crippen LogP contribution in [0.1, 0.15) is 12.0 Å². The van der Waals surface area contributed by atoms with E-state index >= 15 is 0 Å². The lowest BCUT2D eigenvalue weighted by Gasteiger charge is -2.32. The number of likely N-dealkylation sites (N-methyl/N-ethyl adjacent to an activating group) is 1. The lowest BCUT2D eigenvalue weighted by molar-refractivity contribution is 0.145. The molecule has 4 rings (SSSR count). The van der Waals surface area contributed by atoms with Gasteiger partial charge in [0.25, 0.3) is 0 Å². The lowest BCUT2D eigenvalue weighted by Crippen LogP contribution is -2.44. The molecule has 0 bridgehead atoms. The number of piperazine rings is 1. The Kier molecular flexibility index (Phi) is 10.6. The van der Waals surface area contributed by atoms with E-state index < -0.39 is 29.3 Å². The highest BCUT2D eigenvalue weighted by atomic mass is 35.5. The number of hydrogen-bond acceptors (Lipinski definition) is 9. The molecule has 14 heteroatoms. The summed E-state index contributed by atoms with van der Waals surface area (Å²) in [6.07, 6.45) is 0.706. The lowest BCUT2D eigenvalue weighted by atomic mass is 10.2. The van der Waals surface area contributed by atoms with Crippen molar-refractivity contribution >= 4 is 35.1 Å². The molecule has 0 saturated carbocycles. The first-order chi connectivity index (χ1) is 20.2. The first-order valence-corrected chi connectivity index (χ1v) is 13.6. The molecule has 1 amide bonds. The second-order valence-corrected chi connectivity index (χ2v) is 9.99. The van der Waals surface area contributed by atoms with Crippen molar-refractivity contribution in [2.75, 3.05) is 70.8 Å². The maximum Gasteiger partial charge on any atom is 0.413 e. The van der Waals surface area contributed by atoms with Crippen molar-refractivity contribution in [2.45, 2.75) is 13.0 Å². The summed E-state index contributed by atoms with van der Waals surface area (Å²) in [7, 11) is 5.13. The van der Waals surface area contributed by atoms with Crippen molar-refractivity contribution in [2.24, 2.45) is 0 Å². The minimum atomic E-state index is -1.45. The summed E-state index contributed by atoms with van der Waals surface area (Å²) in [6, 6.07) is 6.43. The number of anilines is 3. The van der Waals surface area contributed by atoms with Gasteiger partial charge in [0, 0.05) is 62.3 Å². The van der Waals surface area contributed by atoms with Gasteiger partial charge in [-0.25, -0.2) is 18.6 Å². The van der Waals surface area contributed by atoms with E-state index in [1.165, 1.54) is 26.5 Å². The van der Waals surface area contributed by atoms with E-state index in [0.29, 0.717) is 29.5 Å². The third-order valence-electron chi connectivity index (χ3n) is 6.78. The van der Waals surface area contributed by atoms with E-state index in [0.717, 1.165) is 56.2 Å². The second-order valence-electron chi connectivity index (χ2n) is 9.61. The normalized spacial score (nSPS) is 14.0. The van der Waals surface area contributed by atoms with Gasteiger partial charge >= 0.3 is 6.09 Å². The fourth-order valence-corrected chi connectivity index (χ4v) is 4.67. The average Bonchev–Trinajstić information content (AvgIpc) is 2.98. The minimum Gasteiger partial charge on any atom is -0.493 e. The summed E-state index contributed by atoms with van der Waals surface area (Å²) in [5.41, 5.74) is 0.168. The SMILES string of the molecule is COc1cc(Nc2nccc(N(Cc3c(F)ccc(F)c3Cl)C(=O)O)n2)cc(OCCCN2CCN(C)CC2)c1OC. The molecule has 1 aromatic heterocycles. The molecule has 0 unspecified atom stereocenters. The zero-order valence-electron chi connectivity index (χ0n) is 23.6. The smallest absolute Gasteiger partial charge is 0.413 e. The maximum atomic E-state index is 14.4. The van der Waals surface area contributed by atoms with Crippen molar-refractivity contribution < 1.29 is 32.9 Å². The van der Waals surface area contributed by atoms with Crippen LogP contribution < -0.4 is 24.4 Å². The highest BCUT2D eigenvalue weighted by Crippen LogP contribution is 2.41. The summed E-state index contributed by atoms with van der Waals surface area (Å²) in [6.45, 7) is 4.93. The van der Waals surface area contributed by atoms with E-state index in [-0.39, 0.29) is 17.3 Å². The molecule has 2 N–H and O–H groups in total. The van der Waals surface area contributed by atoms with E-state index in [9.17, 15) is 18.7 Å². The predicted molar refractivity (Wildman–Crippen MR) is 154 cm³/mol. The van der Waals surface area contributed by atoms with Gasteiger partial charge < -0.3 is 34.4 Å². The number of nitrogens with one attached hydrogen (secondary N) is 1. The molecule has 226 valence electrons. The number of nitrogens with zero attached hydrogens (tertiary/aromatic N) is 5. The summed E-state index contributed by atoms with van der Waals surface area (Å²) < 4.78 is 45.4. The molecule has 0 atom stereocenters. The Morgan fingerprint density at radius 2 is 1.81 bits per heavy atom. The molecule has 2 heterocycles. The zero-order chi connectivity index (χ0) is 30.2. The van der Waals surface area contributed by atoms with E-state index in [1.807, 2.05) is 0 Å². The van der Waals surface area contributed by atoms with E-state index in [4.69, 9.17) is 25.8 Å². The number of methoxy groups -OCH3 is 2. The Balaban J connectivity index is 1.50. The van der Waals surface area contributed by atoms with Crippen molar-refractivity contribution in [1.29, 1.82) is 0 Å². The number of carboxylic acid groups (broad SMARTS) is 1. The van der Waals surface area contributed by atoms with Crippen LogP contribution in [0.5, 0.6) is 17.2 Å². The van der Waals surface area contributed by atoms with Crippen LogP contribution >= 0.6 is 11.6 Å². The molecular formula is C28H33ClF2N6O5. The van der Waals surface area contributed by atoms with Crippen LogP contribution in [0.2, 0.25) is 5.02 Å². The number of amides is 1. The Morgan fingerprint density at radius 3 is 2.50 bits per heavy atom. The van der Waals surface area contributed by atoms with Crippen LogP contribution in [-0.4, -0.2) is 91.6 Å². The summed E-state index contributed by atoms with van der Waals surface area (Å²) in [5.74, 6) is -0.495. The van der Waals surface area contributed by atoms with Crippen LogP contribution in [0, 0.1) is 11.6 Å². The van der Waals surface area contributed by atoms with Gasteiger partial charge in [0.05, 0.1) is 32.4 Å². The number of hydrogen-bond donors (Lipinski definition) is 2. The molecule has 0 radical (unpaired) electrons. The maximum absolute atomic E-state index is 14.4. The average molecular weight is 607 g/mol. The topological polar surface area (TPSA) is 113 Å². The molecule has 42 heavy (non-hydrogen) atoms. The predicted octanol–water partition coefficient (Wildman–Crippen LogP) is 4.87. The highest BCUT2D eigenvalue weighted by Gasteiger charge is 2.23. The van der Waals surface area contributed by atoms with Gasteiger partial charge in [-0.3, -0.25) is 4.90 Å². The van der Waals surface area contributed by atoms with Crippen LogP contribution in [0.15, 0.2) is 36.5 Å². The third kappa shape index (κ3) is 7.66. The quantitative estimate of drug-likeness (QED) is 0.219. The van der Waals surface area contributed by atoms with Gasteiger partial charge in [-0.05, 0) is 31.7 Å². The van der Waals surface area contributed by atoms with Gasteiger partial charge in [0.2, 0.25) is 11.7 Å². The number of carbonyl (C=O) groups is 1. The monoisotopic (exact) mass is 606 g/mol. The molecule has 1 aliphatic rings. The number of rotatable bonds is 12. The van der Waals surface area contributed by atoms with Gasteiger partial charge in [-0.15, -0.1) is 0 Å².